The number of carbonyl (C=O) groups excluding carboxylic acids is 1. The Bertz CT molecular complexity index is 656. The molecule has 0 radical (unpaired) electrons. The lowest BCUT2D eigenvalue weighted by molar-refractivity contribution is -0.125. The van der Waals surface area contributed by atoms with Crippen molar-refractivity contribution in [2.24, 2.45) is 5.92 Å². The molecular formula is C14H18N6O. The number of anilines is 1. The van der Waals surface area contributed by atoms with Gasteiger partial charge >= 0.3 is 0 Å². The van der Waals surface area contributed by atoms with E-state index in [1.54, 1.807) is 12.5 Å². The van der Waals surface area contributed by atoms with Crippen LogP contribution in [-0.4, -0.2) is 45.2 Å². The van der Waals surface area contributed by atoms with Crippen LogP contribution in [0.4, 0.5) is 5.82 Å². The van der Waals surface area contributed by atoms with Gasteiger partial charge in [0.25, 0.3) is 0 Å². The molecule has 7 nitrogen and oxygen atoms in total. The van der Waals surface area contributed by atoms with Crippen molar-refractivity contribution >= 4 is 22.8 Å². The molecule has 1 saturated heterocycles. The van der Waals surface area contributed by atoms with Gasteiger partial charge in [-0.15, -0.1) is 0 Å². The number of hydrogen-bond donors (Lipinski definition) is 2. The summed E-state index contributed by atoms with van der Waals surface area (Å²) < 4.78 is 0. The molecule has 2 N–H and O–H groups in total. The van der Waals surface area contributed by atoms with Crippen molar-refractivity contribution in [1.82, 2.24) is 25.5 Å². The van der Waals surface area contributed by atoms with E-state index in [0.29, 0.717) is 6.04 Å². The van der Waals surface area contributed by atoms with Crippen molar-refractivity contribution in [1.29, 1.82) is 0 Å². The topological polar surface area (TPSA) is 86.8 Å². The predicted octanol–water partition coefficient (Wildman–Crippen LogP) is 0.848. The fourth-order valence-corrected chi connectivity index (χ4v) is 2.90. The second-order valence-corrected chi connectivity index (χ2v) is 5.87. The van der Waals surface area contributed by atoms with Gasteiger partial charge in [0.2, 0.25) is 5.91 Å². The normalized spacial score (nSPS) is 19.9. The Kier molecular flexibility index (Phi) is 2.98. The maximum absolute atomic E-state index is 12.1. The first-order chi connectivity index (χ1) is 10.3. The van der Waals surface area contributed by atoms with Gasteiger partial charge in [0.05, 0.1) is 11.6 Å². The van der Waals surface area contributed by atoms with E-state index in [0.717, 1.165) is 55.6 Å². The summed E-state index contributed by atoms with van der Waals surface area (Å²) in [5, 5.41) is 10.9. The van der Waals surface area contributed by atoms with E-state index in [1.807, 2.05) is 0 Å². The van der Waals surface area contributed by atoms with Crippen molar-refractivity contribution in [3.8, 4) is 0 Å². The van der Waals surface area contributed by atoms with Crippen LogP contribution in [0.2, 0.25) is 0 Å². The second kappa shape index (κ2) is 4.98. The van der Waals surface area contributed by atoms with Crippen LogP contribution < -0.4 is 10.2 Å². The van der Waals surface area contributed by atoms with Crippen LogP contribution in [0.3, 0.4) is 0 Å². The summed E-state index contributed by atoms with van der Waals surface area (Å²) >= 11 is 0. The van der Waals surface area contributed by atoms with Gasteiger partial charge in [0.15, 0.2) is 5.65 Å². The Morgan fingerprint density at radius 2 is 2.05 bits per heavy atom. The zero-order valence-corrected chi connectivity index (χ0v) is 11.7. The highest BCUT2D eigenvalue weighted by Gasteiger charge is 2.30. The second-order valence-electron chi connectivity index (χ2n) is 5.87. The van der Waals surface area contributed by atoms with Gasteiger partial charge in [-0.1, -0.05) is 0 Å². The molecule has 1 aliphatic carbocycles. The third-order valence-corrected chi connectivity index (χ3v) is 4.32. The molecule has 1 aliphatic heterocycles. The Morgan fingerprint density at radius 3 is 2.81 bits per heavy atom. The lowest BCUT2D eigenvalue weighted by Crippen LogP contribution is -2.41. The number of nitrogens with one attached hydrogen (secondary N) is 2. The van der Waals surface area contributed by atoms with Crippen LogP contribution in [0.15, 0.2) is 12.5 Å². The molecule has 4 rings (SSSR count). The Balaban J connectivity index is 1.44. The molecule has 0 aromatic carbocycles. The van der Waals surface area contributed by atoms with Gasteiger partial charge in [-0.2, -0.15) is 5.10 Å². The zero-order valence-electron chi connectivity index (χ0n) is 11.7. The summed E-state index contributed by atoms with van der Waals surface area (Å²) in [4.78, 5) is 22.9. The number of fused-ring (bicyclic) bond motifs is 1. The molecule has 0 unspecified atom stereocenters. The minimum atomic E-state index is 0.142. The fourth-order valence-electron chi connectivity index (χ4n) is 2.90. The number of rotatable bonds is 3. The smallest absolute Gasteiger partial charge is 0.223 e. The Hall–Kier alpha value is -2.18. The number of H-pyrrole nitrogens is 1. The van der Waals surface area contributed by atoms with Crippen LogP contribution in [0, 0.1) is 5.92 Å². The van der Waals surface area contributed by atoms with Gasteiger partial charge in [-0.05, 0) is 25.7 Å². The first-order valence-corrected chi connectivity index (χ1v) is 7.50. The van der Waals surface area contributed by atoms with E-state index in [2.05, 4.69) is 30.4 Å². The minimum absolute atomic E-state index is 0.142. The molecule has 2 fully saturated rings. The summed E-state index contributed by atoms with van der Waals surface area (Å²) in [5.41, 5.74) is 0.758. The van der Waals surface area contributed by atoms with Crippen molar-refractivity contribution in [2.45, 2.75) is 31.7 Å². The predicted molar refractivity (Wildman–Crippen MR) is 77.8 cm³/mol. The quantitative estimate of drug-likeness (QED) is 0.873. The lowest BCUT2D eigenvalue weighted by Gasteiger charge is -2.32. The molecular weight excluding hydrogens is 268 g/mol. The molecule has 1 amide bonds. The molecule has 1 saturated carbocycles. The Morgan fingerprint density at radius 1 is 1.24 bits per heavy atom. The molecule has 0 bridgehead atoms. The summed E-state index contributed by atoms with van der Waals surface area (Å²) in [5.74, 6) is 1.28. The summed E-state index contributed by atoms with van der Waals surface area (Å²) in [7, 11) is 0. The molecule has 7 heteroatoms. The fraction of sp³-hybridized carbons (Fsp3) is 0.571. The summed E-state index contributed by atoms with van der Waals surface area (Å²) in [6, 6.07) is 0.447. The van der Waals surface area contributed by atoms with Crippen molar-refractivity contribution in [3.63, 3.8) is 0 Å². The molecule has 2 aliphatic rings. The van der Waals surface area contributed by atoms with Gasteiger partial charge in [-0.3, -0.25) is 9.89 Å². The molecule has 2 aromatic rings. The zero-order chi connectivity index (χ0) is 14.2. The molecule has 21 heavy (non-hydrogen) atoms. The highest BCUT2D eigenvalue weighted by molar-refractivity contribution is 5.86. The highest BCUT2D eigenvalue weighted by atomic mass is 16.2. The average Bonchev–Trinajstić information content (AvgIpc) is 3.20. The SMILES string of the molecule is O=C(NC1CC1)C1CCN(c2ncnc3[nH]ncc23)CC1. The first-order valence-electron chi connectivity index (χ1n) is 7.50. The van der Waals surface area contributed by atoms with Crippen molar-refractivity contribution in [2.75, 3.05) is 18.0 Å². The minimum Gasteiger partial charge on any atom is -0.356 e. The highest BCUT2D eigenvalue weighted by Crippen LogP contribution is 2.27. The third-order valence-electron chi connectivity index (χ3n) is 4.32. The number of carbonyl (C=O) groups is 1. The number of aromatic nitrogens is 4. The first kappa shape index (κ1) is 12.6. The number of aromatic amines is 1. The van der Waals surface area contributed by atoms with Crippen LogP contribution in [0.5, 0.6) is 0 Å². The number of hydrogen-bond acceptors (Lipinski definition) is 5. The maximum Gasteiger partial charge on any atom is 0.223 e. The molecule has 110 valence electrons. The number of nitrogens with zero attached hydrogens (tertiary/aromatic N) is 4. The van der Waals surface area contributed by atoms with Crippen molar-refractivity contribution in [3.05, 3.63) is 12.5 Å². The van der Waals surface area contributed by atoms with Crippen LogP contribution in [0.25, 0.3) is 11.0 Å². The summed E-state index contributed by atoms with van der Waals surface area (Å²) in [6.07, 6.45) is 7.36. The van der Waals surface area contributed by atoms with Crippen LogP contribution in [-0.2, 0) is 4.79 Å². The average molecular weight is 286 g/mol. The largest absolute Gasteiger partial charge is 0.356 e. The van der Waals surface area contributed by atoms with Gasteiger partial charge in [-0.25, -0.2) is 9.97 Å². The van der Waals surface area contributed by atoms with E-state index in [1.165, 1.54) is 0 Å². The van der Waals surface area contributed by atoms with Crippen molar-refractivity contribution < 1.29 is 4.79 Å². The van der Waals surface area contributed by atoms with Gasteiger partial charge in [0, 0.05) is 25.0 Å². The van der Waals surface area contributed by atoms with Gasteiger partial charge in [0.1, 0.15) is 12.1 Å². The number of amides is 1. The Labute approximate surface area is 122 Å². The number of piperidine rings is 1. The lowest BCUT2D eigenvalue weighted by atomic mass is 9.96. The summed E-state index contributed by atoms with van der Waals surface area (Å²) in [6.45, 7) is 1.69. The standard InChI is InChI=1S/C14H18N6O/c21-14(18-10-1-2-10)9-3-5-20(6-4-9)13-11-7-17-19-12(11)15-8-16-13/h7-10H,1-6H2,(H,18,21)(H,15,16,17,19). The molecule has 3 heterocycles. The molecule has 0 atom stereocenters. The van der Waals surface area contributed by atoms with E-state index in [9.17, 15) is 4.79 Å². The van der Waals surface area contributed by atoms with E-state index < -0.39 is 0 Å². The van der Waals surface area contributed by atoms with E-state index >= 15 is 0 Å². The molecule has 2 aromatic heterocycles. The van der Waals surface area contributed by atoms with Crippen LogP contribution >= 0.6 is 0 Å². The van der Waals surface area contributed by atoms with E-state index in [4.69, 9.17) is 0 Å². The monoisotopic (exact) mass is 286 g/mol. The van der Waals surface area contributed by atoms with Gasteiger partial charge < -0.3 is 10.2 Å². The maximum atomic E-state index is 12.1. The van der Waals surface area contributed by atoms with E-state index in [-0.39, 0.29) is 11.8 Å². The molecule has 0 spiro atoms. The van der Waals surface area contributed by atoms with Crippen LogP contribution in [0.1, 0.15) is 25.7 Å². The third kappa shape index (κ3) is 2.43.